The Morgan fingerprint density at radius 3 is 2.82 bits per heavy atom. The van der Waals surface area contributed by atoms with Gasteiger partial charge in [-0.05, 0) is 56.2 Å². The third kappa shape index (κ3) is 4.74. The molecular weight excluding hydrogens is 435 g/mol. The number of nitrogens with one attached hydrogen (secondary N) is 1. The monoisotopic (exact) mass is 460 g/mol. The van der Waals surface area contributed by atoms with E-state index in [-0.39, 0.29) is 30.8 Å². The highest BCUT2D eigenvalue weighted by molar-refractivity contribution is 5.79. The van der Waals surface area contributed by atoms with Gasteiger partial charge in [0.05, 0.1) is 37.2 Å². The van der Waals surface area contributed by atoms with Crippen LogP contribution in [0.1, 0.15) is 24.2 Å². The average molecular weight is 461 g/mol. The van der Waals surface area contributed by atoms with E-state index in [0.29, 0.717) is 34.9 Å². The number of amides is 1. The summed E-state index contributed by atoms with van der Waals surface area (Å²) in [6.07, 6.45) is 5.47. The summed E-state index contributed by atoms with van der Waals surface area (Å²) in [4.78, 5) is 17.0. The Morgan fingerprint density at radius 2 is 2.06 bits per heavy atom. The van der Waals surface area contributed by atoms with Crippen LogP contribution < -0.4 is 5.32 Å². The predicted molar refractivity (Wildman–Crippen MR) is 125 cm³/mol. The molecule has 34 heavy (non-hydrogen) atoms. The predicted octanol–water partition coefficient (Wildman–Crippen LogP) is 3.06. The van der Waals surface area contributed by atoms with Crippen molar-refractivity contribution in [2.24, 2.45) is 0 Å². The van der Waals surface area contributed by atoms with E-state index in [1.165, 1.54) is 6.07 Å². The number of halogens is 1. The first-order chi connectivity index (χ1) is 16.5. The third-order valence-corrected chi connectivity index (χ3v) is 5.67. The van der Waals surface area contributed by atoms with Gasteiger partial charge >= 0.3 is 0 Å². The summed E-state index contributed by atoms with van der Waals surface area (Å²) in [5.74, 6) is 0.175. The molecule has 0 atom stereocenters. The maximum atomic E-state index is 14.8. The van der Waals surface area contributed by atoms with Crippen molar-refractivity contribution in [1.29, 1.82) is 0 Å². The van der Waals surface area contributed by atoms with E-state index in [1.54, 1.807) is 33.9 Å². The van der Waals surface area contributed by atoms with Gasteiger partial charge in [-0.3, -0.25) is 9.48 Å². The first-order valence-electron chi connectivity index (χ1n) is 11.3. The first kappa shape index (κ1) is 22.0. The van der Waals surface area contributed by atoms with Crippen LogP contribution in [0.2, 0.25) is 0 Å². The lowest BCUT2D eigenvalue weighted by Crippen LogP contribution is -2.27. The number of aliphatic hydroxyl groups is 1. The lowest BCUT2D eigenvalue weighted by molar-refractivity contribution is -0.120. The van der Waals surface area contributed by atoms with Crippen molar-refractivity contribution < 1.29 is 14.3 Å². The van der Waals surface area contributed by atoms with Gasteiger partial charge in [0.2, 0.25) is 5.91 Å². The zero-order chi connectivity index (χ0) is 23.7. The van der Waals surface area contributed by atoms with Gasteiger partial charge < -0.3 is 10.4 Å². The molecule has 1 aliphatic rings. The minimum Gasteiger partial charge on any atom is -0.394 e. The van der Waals surface area contributed by atoms with E-state index in [4.69, 9.17) is 5.11 Å². The zero-order valence-electron chi connectivity index (χ0n) is 18.8. The number of rotatable bonds is 8. The molecule has 3 heterocycles. The quantitative estimate of drug-likeness (QED) is 0.421. The lowest BCUT2D eigenvalue weighted by atomic mass is 10.0. The fourth-order valence-electron chi connectivity index (χ4n) is 3.85. The number of aromatic nitrogens is 5. The van der Waals surface area contributed by atoms with Gasteiger partial charge in [0.25, 0.3) is 0 Å². The topological polar surface area (TPSA) is 97.9 Å². The summed E-state index contributed by atoms with van der Waals surface area (Å²) in [6, 6.07) is 12.6. The number of nitrogens with zero attached hydrogens (tertiary/aromatic N) is 5. The van der Waals surface area contributed by atoms with Crippen LogP contribution in [0, 0.1) is 12.7 Å². The van der Waals surface area contributed by atoms with E-state index in [2.05, 4.69) is 20.5 Å². The van der Waals surface area contributed by atoms with Gasteiger partial charge in [-0.25, -0.2) is 14.1 Å². The normalized spacial score (nSPS) is 13.3. The second-order valence-corrected chi connectivity index (χ2v) is 8.50. The van der Waals surface area contributed by atoms with E-state index in [0.717, 1.165) is 24.1 Å². The van der Waals surface area contributed by atoms with Gasteiger partial charge in [0.1, 0.15) is 5.82 Å². The third-order valence-electron chi connectivity index (χ3n) is 5.67. The highest BCUT2D eigenvalue weighted by atomic mass is 19.1. The molecule has 8 nitrogen and oxygen atoms in total. The molecule has 9 heteroatoms. The summed E-state index contributed by atoms with van der Waals surface area (Å²) in [7, 11) is 0. The van der Waals surface area contributed by atoms with E-state index < -0.39 is 0 Å². The minimum atomic E-state index is -0.379. The molecule has 1 amide bonds. The molecule has 3 aromatic heterocycles. The molecular formula is C25H25FN6O2. The van der Waals surface area contributed by atoms with Crippen LogP contribution in [0.3, 0.4) is 0 Å². The Kier molecular flexibility index (Phi) is 5.93. The van der Waals surface area contributed by atoms with Crippen LogP contribution in [-0.2, 0) is 17.8 Å². The Hall–Kier alpha value is -3.85. The van der Waals surface area contributed by atoms with Gasteiger partial charge in [0, 0.05) is 34.6 Å². The van der Waals surface area contributed by atoms with Crippen molar-refractivity contribution in [2.45, 2.75) is 38.8 Å². The molecule has 0 saturated heterocycles. The number of pyridine rings is 1. The summed E-state index contributed by atoms with van der Waals surface area (Å²) in [6.45, 7) is 2.18. The maximum Gasteiger partial charge on any atom is 0.226 e. The van der Waals surface area contributed by atoms with Gasteiger partial charge in [-0.2, -0.15) is 10.2 Å². The van der Waals surface area contributed by atoms with Crippen molar-refractivity contribution >= 4 is 5.91 Å². The van der Waals surface area contributed by atoms with Crippen LogP contribution in [0.25, 0.3) is 28.2 Å². The molecule has 0 radical (unpaired) electrons. The number of aryl methyl sites for hydroxylation is 1. The van der Waals surface area contributed by atoms with Crippen molar-refractivity contribution in [3.8, 4) is 28.2 Å². The van der Waals surface area contributed by atoms with E-state index in [9.17, 15) is 9.18 Å². The molecule has 1 saturated carbocycles. The van der Waals surface area contributed by atoms with Crippen molar-refractivity contribution in [3.05, 3.63) is 72.1 Å². The molecule has 0 unspecified atom stereocenters. The minimum absolute atomic E-state index is 0.0522. The summed E-state index contributed by atoms with van der Waals surface area (Å²) in [5.41, 5.74) is 3.88. The average Bonchev–Trinajstić information content (AvgIpc) is 3.33. The highest BCUT2D eigenvalue weighted by Gasteiger charge is 2.24. The molecule has 0 spiro atoms. The lowest BCUT2D eigenvalue weighted by Gasteiger charge is -2.09. The fraction of sp³-hybridized carbons (Fsp3) is 0.280. The number of benzene rings is 1. The van der Waals surface area contributed by atoms with Crippen LogP contribution in [0.5, 0.6) is 0 Å². The van der Waals surface area contributed by atoms with Crippen molar-refractivity contribution in [1.82, 2.24) is 29.9 Å². The Labute approximate surface area is 196 Å². The summed E-state index contributed by atoms with van der Waals surface area (Å²) >= 11 is 0. The number of carbonyl (C=O) groups is 1. The van der Waals surface area contributed by atoms with Crippen LogP contribution in [0.4, 0.5) is 4.39 Å². The molecule has 1 aromatic carbocycles. The van der Waals surface area contributed by atoms with Gasteiger partial charge in [-0.15, -0.1) is 0 Å². The van der Waals surface area contributed by atoms with Gasteiger partial charge in [-0.1, -0.05) is 6.07 Å². The largest absolute Gasteiger partial charge is 0.394 e. The Bertz CT molecular complexity index is 1340. The van der Waals surface area contributed by atoms with E-state index in [1.807, 2.05) is 31.2 Å². The number of carbonyl (C=O) groups excluding carboxylic acids is 1. The molecule has 1 fully saturated rings. The molecule has 0 bridgehead atoms. The van der Waals surface area contributed by atoms with Crippen LogP contribution in [-0.4, -0.2) is 48.2 Å². The summed E-state index contributed by atoms with van der Waals surface area (Å²) in [5, 5.41) is 21.0. The Morgan fingerprint density at radius 1 is 1.21 bits per heavy atom. The van der Waals surface area contributed by atoms with Crippen LogP contribution in [0.15, 0.2) is 54.9 Å². The fourth-order valence-corrected chi connectivity index (χ4v) is 3.85. The maximum absolute atomic E-state index is 14.8. The summed E-state index contributed by atoms with van der Waals surface area (Å²) < 4.78 is 18.0. The van der Waals surface area contributed by atoms with Crippen molar-refractivity contribution in [2.75, 3.05) is 6.61 Å². The first-order valence-corrected chi connectivity index (χ1v) is 11.3. The molecule has 2 N–H and O–H groups in total. The second-order valence-electron chi connectivity index (χ2n) is 8.50. The molecule has 174 valence electrons. The zero-order valence-corrected chi connectivity index (χ0v) is 18.8. The number of aliphatic hydroxyl groups excluding tert-OH is 1. The second kappa shape index (κ2) is 9.18. The number of hydrogen-bond donors (Lipinski definition) is 2. The van der Waals surface area contributed by atoms with E-state index >= 15 is 0 Å². The molecule has 5 rings (SSSR count). The molecule has 4 aromatic rings. The molecule has 1 aliphatic carbocycles. The standard InChI is InChI=1S/C25H25FN6O2/c1-16-3-2-4-24(28-16)32-23(12-20(30-32)13-25(34)29-19-6-7-19)17-5-8-22(26)21(11-17)18-14-27-31(15-18)9-10-33/h2-5,8,11-12,14-15,19,33H,6-7,9-10,13H2,1H3,(H,29,34). The Balaban J connectivity index is 1.55. The SMILES string of the molecule is Cc1cccc(-n2nc(CC(=O)NC3CC3)cc2-c2ccc(F)c(-c3cnn(CCO)c3)c2)n1. The van der Waals surface area contributed by atoms with Crippen molar-refractivity contribution in [3.63, 3.8) is 0 Å². The molecule has 0 aliphatic heterocycles. The number of hydrogen-bond acceptors (Lipinski definition) is 5. The smallest absolute Gasteiger partial charge is 0.226 e. The highest BCUT2D eigenvalue weighted by Crippen LogP contribution is 2.30. The van der Waals surface area contributed by atoms with Gasteiger partial charge in [0.15, 0.2) is 5.82 Å². The van der Waals surface area contributed by atoms with Crippen LogP contribution >= 0.6 is 0 Å².